The molecular formula is AgCuInTi. The third-order valence-electron chi connectivity index (χ3n) is 0. The molecule has 0 fully saturated rings. The van der Waals surface area contributed by atoms with Crippen LogP contribution in [0.4, 0.5) is 0 Å². The molecule has 0 nitrogen and oxygen atoms in total. The first kappa shape index (κ1) is 28.9. The van der Waals surface area contributed by atoms with Crippen LogP contribution in [0.3, 0.4) is 0 Å². The molecule has 0 aromatic heterocycles. The van der Waals surface area contributed by atoms with Gasteiger partial charge in [0.25, 0.3) is 0 Å². The van der Waals surface area contributed by atoms with E-state index in [-0.39, 0.29) is 87.0 Å². The van der Waals surface area contributed by atoms with Crippen molar-refractivity contribution in [1.82, 2.24) is 0 Å². The predicted octanol–water partition coefficient (Wildman–Crippen LogP) is -0.388. The molecule has 0 aromatic carbocycles. The van der Waals surface area contributed by atoms with E-state index in [4.69, 9.17) is 0 Å². The van der Waals surface area contributed by atoms with Crippen molar-refractivity contribution in [3.63, 3.8) is 0 Å². The van der Waals surface area contributed by atoms with Crippen LogP contribution in [0.2, 0.25) is 0 Å². The van der Waals surface area contributed by atoms with Crippen LogP contribution in [-0.2, 0) is 61.2 Å². The second kappa shape index (κ2) is 17.0. The van der Waals surface area contributed by atoms with E-state index >= 15 is 0 Å². The molecule has 4 heteroatoms. The van der Waals surface area contributed by atoms with Crippen molar-refractivity contribution in [3.05, 3.63) is 0 Å². The van der Waals surface area contributed by atoms with Crippen LogP contribution >= 0.6 is 0 Å². The molecule has 0 N–H and O–H groups in total. The Morgan fingerprint density at radius 1 is 1.00 bits per heavy atom. The van der Waals surface area contributed by atoms with Crippen molar-refractivity contribution >= 4 is 25.8 Å². The summed E-state index contributed by atoms with van der Waals surface area (Å²) in [6.07, 6.45) is 0. The SMILES string of the molecule is [Ag].[Cu].[In].[Ti]. The smallest absolute Gasteiger partial charge is 0 e. The average molecular weight is 334 g/mol. The van der Waals surface area contributed by atoms with Gasteiger partial charge in [-0.05, 0) is 0 Å². The second-order valence-electron chi connectivity index (χ2n) is 0. The van der Waals surface area contributed by atoms with Gasteiger partial charge in [-0.15, -0.1) is 0 Å². The van der Waals surface area contributed by atoms with Crippen LogP contribution in [-0.4, -0.2) is 25.8 Å². The Morgan fingerprint density at radius 3 is 1.00 bits per heavy atom. The Kier molecular flexibility index (Phi) is 122. The van der Waals surface area contributed by atoms with Gasteiger partial charge in [0, 0.05) is 87.0 Å². The third-order valence-corrected chi connectivity index (χ3v) is 0. The van der Waals surface area contributed by atoms with E-state index in [0.29, 0.717) is 0 Å². The molecule has 0 atom stereocenters. The van der Waals surface area contributed by atoms with Crippen LogP contribution in [0.15, 0.2) is 0 Å². The Labute approximate surface area is 85.5 Å². The van der Waals surface area contributed by atoms with E-state index in [1.807, 2.05) is 0 Å². The molecular weight excluding hydrogens is 334 g/mol. The van der Waals surface area contributed by atoms with Crippen molar-refractivity contribution in [2.45, 2.75) is 0 Å². The van der Waals surface area contributed by atoms with Crippen LogP contribution < -0.4 is 0 Å². The molecule has 0 aromatic rings. The molecule has 0 heterocycles. The minimum absolute atomic E-state index is 0. The molecule has 0 spiro atoms. The van der Waals surface area contributed by atoms with Gasteiger partial charge in [-0.3, -0.25) is 0 Å². The Hall–Kier alpha value is 2.84. The zero-order valence-corrected chi connectivity index (χ0v) is 8.96. The molecule has 5 radical (unpaired) electrons. The summed E-state index contributed by atoms with van der Waals surface area (Å²) in [4.78, 5) is 0. The minimum atomic E-state index is 0. The van der Waals surface area contributed by atoms with Gasteiger partial charge in [-0.25, -0.2) is 0 Å². The number of hydrogen-bond donors (Lipinski definition) is 0. The van der Waals surface area contributed by atoms with Gasteiger partial charge in [-0.2, -0.15) is 0 Å². The molecule has 4 heavy (non-hydrogen) atoms. The minimum Gasteiger partial charge on any atom is 0 e. The van der Waals surface area contributed by atoms with Crippen LogP contribution in [0.1, 0.15) is 0 Å². The third kappa shape index (κ3) is 8.85. The van der Waals surface area contributed by atoms with Gasteiger partial charge in [0.15, 0.2) is 0 Å². The maximum absolute atomic E-state index is 0. The fourth-order valence-corrected chi connectivity index (χ4v) is 0. The standard InChI is InChI=1S/Ag.Cu.In.Ti. The number of hydrogen-bond acceptors (Lipinski definition) is 0. The van der Waals surface area contributed by atoms with Crippen molar-refractivity contribution < 1.29 is 61.2 Å². The largest absolute Gasteiger partial charge is 0 e. The van der Waals surface area contributed by atoms with Gasteiger partial charge in [0.2, 0.25) is 0 Å². The molecule has 0 aliphatic carbocycles. The van der Waals surface area contributed by atoms with Crippen molar-refractivity contribution in [3.8, 4) is 0 Å². The van der Waals surface area contributed by atoms with Gasteiger partial charge in [0.05, 0.1) is 0 Å². The van der Waals surface area contributed by atoms with E-state index in [9.17, 15) is 0 Å². The van der Waals surface area contributed by atoms with Gasteiger partial charge in [-0.1, -0.05) is 0 Å². The molecule has 0 saturated carbocycles. The molecule has 0 amide bonds. The van der Waals surface area contributed by atoms with E-state index < -0.39 is 0 Å². The summed E-state index contributed by atoms with van der Waals surface area (Å²) >= 11 is 0. The van der Waals surface area contributed by atoms with E-state index in [1.54, 1.807) is 0 Å². The molecule has 0 aliphatic rings. The Morgan fingerprint density at radius 2 is 1.00 bits per heavy atom. The summed E-state index contributed by atoms with van der Waals surface area (Å²) in [6, 6.07) is 0. The fraction of sp³-hybridized carbons (Fsp3) is 0. The molecule has 0 unspecified atom stereocenters. The van der Waals surface area contributed by atoms with Crippen molar-refractivity contribution in [1.29, 1.82) is 0 Å². The predicted molar refractivity (Wildman–Crippen MR) is 5.75 cm³/mol. The van der Waals surface area contributed by atoms with Gasteiger partial charge in [0.1, 0.15) is 0 Å². The Balaban J connectivity index is 0. The van der Waals surface area contributed by atoms with Gasteiger partial charge >= 0.3 is 0 Å². The topological polar surface area (TPSA) is 0 Å². The fourth-order valence-electron chi connectivity index (χ4n) is 0. The Bertz CT molecular complexity index is 8.00. The van der Waals surface area contributed by atoms with Crippen LogP contribution in [0, 0.1) is 0 Å². The molecule has 29 valence electrons. The van der Waals surface area contributed by atoms with Gasteiger partial charge < -0.3 is 0 Å². The van der Waals surface area contributed by atoms with Crippen LogP contribution in [0.5, 0.6) is 0 Å². The summed E-state index contributed by atoms with van der Waals surface area (Å²) < 4.78 is 0. The summed E-state index contributed by atoms with van der Waals surface area (Å²) in [5, 5.41) is 0. The zero-order chi connectivity index (χ0) is 0. The zero-order valence-electron chi connectivity index (χ0n) is 1.68. The summed E-state index contributed by atoms with van der Waals surface area (Å²) in [5.41, 5.74) is 0. The van der Waals surface area contributed by atoms with Crippen molar-refractivity contribution in [2.24, 2.45) is 0 Å². The monoisotopic (exact) mass is 333 g/mol. The normalized spacial score (nSPS) is 0. The van der Waals surface area contributed by atoms with E-state index in [2.05, 4.69) is 0 Å². The maximum Gasteiger partial charge on any atom is 0 e. The quantitative estimate of drug-likeness (QED) is 0.530. The molecule has 0 saturated heterocycles. The maximum atomic E-state index is 0. The van der Waals surface area contributed by atoms with E-state index in [1.165, 1.54) is 0 Å². The summed E-state index contributed by atoms with van der Waals surface area (Å²) in [7, 11) is 0. The molecule has 0 bridgehead atoms. The first-order valence-electron chi connectivity index (χ1n) is 0. The first-order valence-corrected chi connectivity index (χ1v) is 0. The molecule has 0 rings (SSSR count). The molecule has 0 aliphatic heterocycles. The second-order valence-corrected chi connectivity index (χ2v) is 0. The van der Waals surface area contributed by atoms with E-state index in [0.717, 1.165) is 0 Å². The first-order chi connectivity index (χ1) is 0. The summed E-state index contributed by atoms with van der Waals surface area (Å²) in [5.74, 6) is 0. The average Bonchev–Trinajstić information content (AvgIpc) is 0. The summed E-state index contributed by atoms with van der Waals surface area (Å²) in [6.45, 7) is 0. The van der Waals surface area contributed by atoms with Crippen molar-refractivity contribution in [2.75, 3.05) is 0 Å². The van der Waals surface area contributed by atoms with Crippen LogP contribution in [0.25, 0.3) is 0 Å². The number of rotatable bonds is 0.